The maximum absolute atomic E-state index is 13.9. The molecule has 2 fully saturated rings. The van der Waals surface area contributed by atoms with E-state index in [0.717, 1.165) is 22.9 Å². The van der Waals surface area contributed by atoms with Crippen molar-refractivity contribution in [3.05, 3.63) is 29.8 Å². The number of amides is 1. The minimum absolute atomic E-state index is 0.0384. The Balaban J connectivity index is 1.73. The molecule has 0 aromatic heterocycles. The lowest BCUT2D eigenvalue weighted by Crippen LogP contribution is -2.41. The third-order valence-electron chi connectivity index (χ3n) is 4.48. The Morgan fingerprint density at radius 1 is 1.12 bits per heavy atom. The highest BCUT2D eigenvalue weighted by atomic mass is 32.2. The smallest absolute Gasteiger partial charge is 0.251 e. The molecule has 6 nitrogen and oxygen atoms in total. The Morgan fingerprint density at radius 3 is 2.64 bits per heavy atom. The van der Waals surface area contributed by atoms with Crippen molar-refractivity contribution in [2.75, 3.05) is 32.8 Å². The summed E-state index contributed by atoms with van der Waals surface area (Å²) in [5.41, 5.74) is 0. The van der Waals surface area contributed by atoms with Crippen molar-refractivity contribution in [2.45, 2.75) is 30.3 Å². The van der Waals surface area contributed by atoms with Crippen LogP contribution in [-0.2, 0) is 19.6 Å². The van der Waals surface area contributed by atoms with Crippen molar-refractivity contribution in [1.29, 1.82) is 0 Å². The molecule has 1 amide bonds. The van der Waals surface area contributed by atoms with Gasteiger partial charge in [-0.05, 0) is 37.5 Å². The molecule has 0 bridgehead atoms. The summed E-state index contributed by atoms with van der Waals surface area (Å²) in [5.74, 6) is -1.93. The van der Waals surface area contributed by atoms with Crippen molar-refractivity contribution in [2.24, 2.45) is 0 Å². The molecule has 25 heavy (non-hydrogen) atoms. The number of sulfonamides is 1. The van der Waals surface area contributed by atoms with Gasteiger partial charge in [0.25, 0.3) is 5.91 Å². The van der Waals surface area contributed by atoms with Gasteiger partial charge in [-0.3, -0.25) is 4.79 Å². The van der Waals surface area contributed by atoms with E-state index >= 15 is 0 Å². The molecule has 0 saturated carbocycles. The molecular weight excluding hydrogens is 354 g/mol. The standard InChI is InChI=1S/C16H20F2N2O4S/c17-12-4-5-13(18)15(11-12)25(22,23)20-7-2-6-19(8-9-20)16(21)14-3-1-10-24-14/h4-5,11,14H,1-3,6-10H2. The van der Waals surface area contributed by atoms with Gasteiger partial charge >= 0.3 is 0 Å². The van der Waals surface area contributed by atoms with Gasteiger partial charge in [0.15, 0.2) is 0 Å². The molecular formula is C16H20F2N2O4S. The highest BCUT2D eigenvalue weighted by Gasteiger charge is 2.33. The van der Waals surface area contributed by atoms with Crippen LogP contribution in [0.25, 0.3) is 0 Å². The molecule has 9 heteroatoms. The van der Waals surface area contributed by atoms with Gasteiger partial charge in [0, 0.05) is 32.8 Å². The van der Waals surface area contributed by atoms with Gasteiger partial charge in [-0.15, -0.1) is 0 Å². The molecule has 138 valence electrons. The van der Waals surface area contributed by atoms with Crippen LogP contribution in [0.5, 0.6) is 0 Å². The first-order valence-electron chi connectivity index (χ1n) is 8.25. The van der Waals surface area contributed by atoms with Gasteiger partial charge in [0.05, 0.1) is 0 Å². The number of halogens is 2. The number of nitrogens with zero attached hydrogens (tertiary/aromatic N) is 2. The third kappa shape index (κ3) is 3.83. The number of ether oxygens (including phenoxy) is 1. The van der Waals surface area contributed by atoms with E-state index in [-0.39, 0.29) is 25.5 Å². The topological polar surface area (TPSA) is 66.9 Å². The average Bonchev–Trinajstić information content (AvgIpc) is 3.00. The van der Waals surface area contributed by atoms with Crippen molar-refractivity contribution < 1.29 is 26.7 Å². The van der Waals surface area contributed by atoms with E-state index in [1.165, 1.54) is 0 Å². The van der Waals surface area contributed by atoms with Crippen LogP contribution in [0.4, 0.5) is 8.78 Å². The number of hydrogen-bond donors (Lipinski definition) is 0. The number of hydrogen-bond acceptors (Lipinski definition) is 4. The van der Waals surface area contributed by atoms with Crippen molar-refractivity contribution >= 4 is 15.9 Å². The average molecular weight is 374 g/mol. The van der Waals surface area contributed by atoms with E-state index < -0.39 is 32.7 Å². The monoisotopic (exact) mass is 374 g/mol. The lowest BCUT2D eigenvalue weighted by Gasteiger charge is -2.24. The fourth-order valence-corrected chi connectivity index (χ4v) is 4.69. The fourth-order valence-electron chi connectivity index (χ4n) is 3.14. The van der Waals surface area contributed by atoms with E-state index in [1.807, 2.05) is 0 Å². The van der Waals surface area contributed by atoms with Crippen molar-refractivity contribution in [3.8, 4) is 0 Å². The third-order valence-corrected chi connectivity index (χ3v) is 6.40. The first-order chi connectivity index (χ1) is 11.9. The molecule has 0 aliphatic carbocycles. The summed E-state index contributed by atoms with van der Waals surface area (Å²) >= 11 is 0. The second-order valence-electron chi connectivity index (χ2n) is 6.16. The van der Waals surface area contributed by atoms with Crippen LogP contribution in [0, 0.1) is 11.6 Å². The highest BCUT2D eigenvalue weighted by molar-refractivity contribution is 7.89. The molecule has 1 unspecified atom stereocenters. The summed E-state index contributed by atoms with van der Waals surface area (Å²) in [4.78, 5) is 13.3. The van der Waals surface area contributed by atoms with Crippen molar-refractivity contribution in [1.82, 2.24) is 9.21 Å². The second kappa shape index (κ2) is 7.35. The minimum atomic E-state index is -4.16. The quantitative estimate of drug-likeness (QED) is 0.802. The lowest BCUT2D eigenvalue weighted by molar-refractivity contribution is -0.140. The fraction of sp³-hybridized carbons (Fsp3) is 0.562. The Labute approximate surface area is 145 Å². The zero-order valence-corrected chi connectivity index (χ0v) is 14.5. The molecule has 0 radical (unpaired) electrons. The summed E-state index contributed by atoms with van der Waals surface area (Å²) in [6.45, 7) is 1.36. The summed E-state index contributed by atoms with van der Waals surface area (Å²) in [5, 5.41) is 0. The zero-order valence-electron chi connectivity index (χ0n) is 13.7. The SMILES string of the molecule is O=C(C1CCCO1)N1CCCN(S(=O)(=O)c2cc(F)ccc2F)CC1. The Hall–Kier alpha value is -1.58. The van der Waals surface area contributed by atoms with Gasteiger partial charge in [-0.25, -0.2) is 17.2 Å². The van der Waals surface area contributed by atoms with Crippen LogP contribution < -0.4 is 0 Å². The van der Waals surface area contributed by atoms with Gasteiger partial charge in [-0.1, -0.05) is 0 Å². The summed E-state index contributed by atoms with van der Waals surface area (Å²) in [6, 6.07) is 2.36. The van der Waals surface area contributed by atoms with E-state index in [2.05, 4.69) is 0 Å². The number of carbonyl (C=O) groups excluding carboxylic acids is 1. The van der Waals surface area contributed by atoms with Gasteiger partial charge in [0.2, 0.25) is 10.0 Å². The van der Waals surface area contributed by atoms with Crippen molar-refractivity contribution in [3.63, 3.8) is 0 Å². The minimum Gasteiger partial charge on any atom is -0.368 e. The lowest BCUT2D eigenvalue weighted by atomic mass is 10.2. The highest BCUT2D eigenvalue weighted by Crippen LogP contribution is 2.22. The second-order valence-corrected chi connectivity index (χ2v) is 8.07. The molecule has 2 saturated heterocycles. The maximum atomic E-state index is 13.9. The molecule has 0 N–H and O–H groups in total. The normalized spacial score (nSPS) is 22.8. The summed E-state index contributed by atoms with van der Waals surface area (Å²) in [7, 11) is -4.16. The van der Waals surface area contributed by atoms with Gasteiger partial charge in [-0.2, -0.15) is 4.31 Å². The summed E-state index contributed by atoms with van der Waals surface area (Å²) < 4.78 is 59.0. The molecule has 2 heterocycles. The molecule has 1 atom stereocenters. The van der Waals surface area contributed by atoms with E-state index in [1.54, 1.807) is 4.90 Å². The predicted octanol–water partition coefficient (Wildman–Crippen LogP) is 1.37. The molecule has 2 aliphatic heterocycles. The largest absolute Gasteiger partial charge is 0.368 e. The number of rotatable bonds is 3. The van der Waals surface area contributed by atoms with E-state index in [4.69, 9.17) is 4.74 Å². The number of benzene rings is 1. The van der Waals surface area contributed by atoms with Gasteiger partial charge < -0.3 is 9.64 Å². The van der Waals surface area contributed by atoms with Crippen LogP contribution in [0.2, 0.25) is 0 Å². The Bertz CT molecular complexity index is 751. The Kier molecular flexibility index (Phi) is 5.35. The molecule has 1 aromatic carbocycles. The van der Waals surface area contributed by atoms with Crippen LogP contribution in [0.15, 0.2) is 23.1 Å². The van der Waals surface area contributed by atoms with Crippen LogP contribution >= 0.6 is 0 Å². The van der Waals surface area contributed by atoms with Crippen LogP contribution in [0.1, 0.15) is 19.3 Å². The molecule has 2 aliphatic rings. The maximum Gasteiger partial charge on any atom is 0.251 e. The first kappa shape index (κ1) is 18.2. The number of carbonyl (C=O) groups is 1. The van der Waals surface area contributed by atoms with Crippen LogP contribution in [0.3, 0.4) is 0 Å². The predicted molar refractivity (Wildman–Crippen MR) is 85.3 cm³/mol. The van der Waals surface area contributed by atoms with E-state index in [9.17, 15) is 22.0 Å². The molecule has 0 spiro atoms. The summed E-state index contributed by atoms with van der Waals surface area (Å²) in [6.07, 6.45) is 1.48. The van der Waals surface area contributed by atoms with Crippen LogP contribution in [-0.4, -0.2) is 62.4 Å². The first-order valence-corrected chi connectivity index (χ1v) is 9.69. The Morgan fingerprint density at radius 2 is 1.92 bits per heavy atom. The molecule has 1 aromatic rings. The van der Waals surface area contributed by atoms with E-state index in [0.29, 0.717) is 32.1 Å². The molecule has 3 rings (SSSR count). The zero-order chi connectivity index (χ0) is 18.0. The van der Waals surface area contributed by atoms with Gasteiger partial charge in [0.1, 0.15) is 22.6 Å².